The summed E-state index contributed by atoms with van der Waals surface area (Å²) in [6, 6.07) is 7.60. The second kappa shape index (κ2) is 5.56. The van der Waals surface area contributed by atoms with Crippen molar-refractivity contribution in [2.45, 2.75) is 19.5 Å². The fraction of sp³-hybridized carbons (Fsp3) is 0.214. The lowest BCUT2D eigenvalue weighted by atomic mass is 10.2. The molecule has 0 aliphatic carbocycles. The van der Waals surface area contributed by atoms with Crippen LogP contribution in [0, 0.1) is 0 Å². The van der Waals surface area contributed by atoms with Crippen molar-refractivity contribution < 1.29 is 0 Å². The normalized spacial score (nSPS) is 10.8. The van der Waals surface area contributed by atoms with Crippen molar-refractivity contribution in [1.29, 1.82) is 0 Å². The first-order valence-corrected chi connectivity index (χ1v) is 6.52. The Morgan fingerprint density at radius 1 is 1.15 bits per heavy atom. The quantitative estimate of drug-likeness (QED) is 0.716. The monoisotopic (exact) mass is 268 g/mol. The van der Waals surface area contributed by atoms with E-state index in [0.717, 1.165) is 30.8 Å². The van der Waals surface area contributed by atoms with E-state index in [2.05, 4.69) is 19.6 Å². The number of hydrogen-bond acceptors (Lipinski definition) is 4. The molecule has 0 bridgehead atoms. The third-order valence-corrected chi connectivity index (χ3v) is 3.04. The molecular weight excluding hydrogens is 252 g/mol. The van der Waals surface area contributed by atoms with Crippen LogP contribution in [0.3, 0.4) is 0 Å². The number of rotatable bonds is 5. The standard InChI is InChI=1S/C14H16N6/c15-13-4-1-3-12(9-13)14-17-11-20(18-14)7-2-6-19-8-5-16-10-19/h1,3-5,8-11H,2,6-7,15H2. The highest BCUT2D eigenvalue weighted by Gasteiger charge is 2.04. The minimum atomic E-state index is 0.708. The zero-order valence-electron chi connectivity index (χ0n) is 11.1. The Morgan fingerprint density at radius 2 is 2.10 bits per heavy atom. The lowest BCUT2D eigenvalue weighted by Gasteiger charge is -2.02. The van der Waals surface area contributed by atoms with Crippen molar-refractivity contribution in [3.63, 3.8) is 0 Å². The van der Waals surface area contributed by atoms with Gasteiger partial charge in [-0.15, -0.1) is 0 Å². The fourth-order valence-corrected chi connectivity index (χ4v) is 2.05. The van der Waals surface area contributed by atoms with Crippen LogP contribution in [-0.2, 0) is 13.1 Å². The summed E-state index contributed by atoms with van der Waals surface area (Å²) in [7, 11) is 0. The van der Waals surface area contributed by atoms with Crippen LogP contribution in [0.5, 0.6) is 0 Å². The van der Waals surface area contributed by atoms with Crippen LogP contribution in [0.25, 0.3) is 11.4 Å². The molecule has 0 amide bonds. The third-order valence-electron chi connectivity index (χ3n) is 3.04. The molecule has 0 radical (unpaired) electrons. The number of hydrogen-bond donors (Lipinski definition) is 1. The predicted octanol–water partition coefficient (Wildman–Crippen LogP) is 1.81. The van der Waals surface area contributed by atoms with Crippen LogP contribution in [0.2, 0.25) is 0 Å². The maximum atomic E-state index is 5.77. The lowest BCUT2D eigenvalue weighted by molar-refractivity contribution is 0.526. The van der Waals surface area contributed by atoms with E-state index >= 15 is 0 Å². The fourth-order valence-electron chi connectivity index (χ4n) is 2.05. The summed E-state index contributed by atoms with van der Waals surface area (Å²) >= 11 is 0. The smallest absolute Gasteiger partial charge is 0.181 e. The molecule has 0 spiro atoms. The van der Waals surface area contributed by atoms with Gasteiger partial charge in [-0.2, -0.15) is 5.10 Å². The van der Waals surface area contributed by atoms with Crippen molar-refractivity contribution in [2.75, 3.05) is 5.73 Å². The van der Waals surface area contributed by atoms with Crippen LogP contribution < -0.4 is 5.73 Å². The highest BCUT2D eigenvalue weighted by molar-refractivity contribution is 5.60. The summed E-state index contributed by atoms with van der Waals surface area (Å²) in [5, 5.41) is 4.47. The first kappa shape index (κ1) is 12.4. The maximum absolute atomic E-state index is 5.77. The molecule has 2 aromatic heterocycles. The largest absolute Gasteiger partial charge is 0.399 e. The number of benzene rings is 1. The van der Waals surface area contributed by atoms with E-state index in [1.807, 2.05) is 41.5 Å². The second-order valence-corrected chi connectivity index (χ2v) is 4.61. The number of imidazole rings is 1. The predicted molar refractivity (Wildman–Crippen MR) is 76.7 cm³/mol. The van der Waals surface area contributed by atoms with Gasteiger partial charge in [0.1, 0.15) is 6.33 Å². The molecule has 0 saturated carbocycles. The average Bonchev–Trinajstić information content (AvgIpc) is 3.10. The first-order valence-electron chi connectivity index (χ1n) is 6.52. The van der Waals surface area contributed by atoms with Gasteiger partial charge in [0, 0.05) is 36.7 Å². The van der Waals surface area contributed by atoms with E-state index in [4.69, 9.17) is 5.73 Å². The van der Waals surface area contributed by atoms with Gasteiger partial charge in [0.2, 0.25) is 0 Å². The Kier molecular flexibility index (Phi) is 3.45. The van der Waals surface area contributed by atoms with Crippen molar-refractivity contribution >= 4 is 5.69 Å². The Morgan fingerprint density at radius 3 is 2.90 bits per heavy atom. The van der Waals surface area contributed by atoms with E-state index in [-0.39, 0.29) is 0 Å². The van der Waals surface area contributed by atoms with Crippen molar-refractivity contribution in [3.05, 3.63) is 49.3 Å². The van der Waals surface area contributed by atoms with Gasteiger partial charge >= 0.3 is 0 Å². The molecule has 0 aliphatic rings. The Labute approximate surface area is 116 Å². The van der Waals surface area contributed by atoms with Gasteiger partial charge in [0.25, 0.3) is 0 Å². The summed E-state index contributed by atoms with van der Waals surface area (Å²) in [4.78, 5) is 8.34. The van der Waals surface area contributed by atoms with Crippen molar-refractivity contribution in [3.8, 4) is 11.4 Å². The van der Waals surface area contributed by atoms with Gasteiger partial charge in [0.05, 0.1) is 6.33 Å². The average molecular weight is 268 g/mol. The molecule has 3 rings (SSSR count). The Hall–Kier alpha value is -2.63. The minimum Gasteiger partial charge on any atom is -0.399 e. The Balaban J connectivity index is 1.62. The van der Waals surface area contributed by atoms with Gasteiger partial charge < -0.3 is 10.3 Å². The number of aromatic nitrogens is 5. The van der Waals surface area contributed by atoms with E-state index in [9.17, 15) is 0 Å². The summed E-state index contributed by atoms with van der Waals surface area (Å²) < 4.78 is 3.91. The molecule has 2 heterocycles. The molecule has 0 unspecified atom stereocenters. The SMILES string of the molecule is Nc1cccc(-c2ncn(CCCn3ccnc3)n2)c1. The molecule has 6 heteroatoms. The summed E-state index contributed by atoms with van der Waals surface area (Å²) in [6.45, 7) is 1.75. The van der Waals surface area contributed by atoms with E-state index in [0.29, 0.717) is 5.82 Å². The third kappa shape index (κ3) is 2.85. The van der Waals surface area contributed by atoms with Crippen LogP contribution in [-0.4, -0.2) is 24.3 Å². The van der Waals surface area contributed by atoms with Gasteiger partial charge in [0.15, 0.2) is 5.82 Å². The topological polar surface area (TPSA) is 74.5 Å². The van der Waals surface area contributed by atoms with Gasteiger partial charge in [-0.05, 0) is 18.6 Å². The molecule has 6 nitrogen and oxygen atoms in total. The molecule has 0 aliphatic heterocycles. The number of nitrogens with zero attached hydrogens (tertiary/aromatic N) is 5. The number of anilines is 1. The number of nitrogen functional groups attached to an aromatic ring is 1. The van der Waals surface area contributed by atoms with Crippen LogP contribution in [0.4, 0.5) is 5.69 Å². The first-order chi connectivity index (χ1) is 9.81. The van der Waals surface area contributed by atoms with Crippen LogP contribution in [0.1, 0.15) is 6.42 Å². The molecule has 2 N–H and O–H groups in total. The molecular formula is C14H16N6. The summed E-state index contributed by atoms with van der Waals surface area (Å²) in [5.74, 6) is 0.708. The zero-order valence-corrected chi connectivity index (χ0v) is 11.1. The second-order valence-electron chi connectivity index (χ2n) is 4.61. The highest BCUT2D eigenvalue weighted by Crippen LogP contribution is 2.16. The molecule has 0 saturated heterocycles. The minimum absolute atomic E-state index is 0.708. The summed E-state index contributed by atoms with van der Waals surface area (Å²) in [6.07, 6.45) is 8.30. The molecule has 20 heavy (non-hydrogen) atoms. The van der Waals surface area contributed by atoms with Gasteiger partial charge in [-0.25, -0.2) is 9.97 Å². The lowest BCUT2D eigenvalue weighted by Crippen LogP contribution is -2.03. The maximum Gasteiger partial charge on any atom is 0.181 e. The molecule has 0 fully saturated rings. The number of aryl methyl sites for hydroxylation is 2. The van der Waals surface area contributed by atoms with Crippen LogP contribution >= 0.6 is 0 Å². The Bertz CT molecular complexity index is 671. The van der Waals surface area contributed by atoms with Crippen molar-refractivity contribution in [1.82, 2.24) is 24.3 Å². The van der Waals surface area contributed by atoms with E-state index < -0.39 is 0 Å². The highest BCUT2D eigenvalue weighted by atomic mass is 15.3. The molecule has 3 aromatic rings. The van der Waals surface area contributed by atoms with E-state index in [1.165, 1.54) is 0 Å². The summed E-state index contributed by atoms with van der Waals surface area (Å²) in [5.41, 5.74) is 7.43. The molecule has 1 aromatic carbocycles. The van der Waals surface area contributed by atoms with Crippen molar-refractivity contribution in [2.24, 2.45) is 0 Å². The van der Waals surface area contributed by atoms with Gasteiger partial charge in [-0.3, -0.25) is 4.68 Å². The zero-order chi connectivity index (χ0) is 13.8. The van der Waals surface area contributed by atoms with Gasteiger partial charge in [-0.1, -0.05) is 12.1 Å². The van der Waals surface area contributed by atoms with E-state index in [1.54, 1.807) is 12.5 Å². The van der Waals surface area contributed by atoms with Crippen LogP contribution in [0.15, 0.2) is 49.3 Å². The molecule has 0 atom stereocenters. The molecule has 102 valence electrons. The number of nitrogens with two attached hydrogens (primary N) is 1.